The summed E-state index contributed by atoms with van der Waals surface area (Å²) in [6, 6.07) is 30.5. The average Bonchev–Trinajstić information content (AvgIpc) is 1.01. The molecule has 1 aliphatic heterocycles. The summed E-state index contributed by atoms with van der Waals surface area (Å²) >= 11 is 0. The van der Waals surface area contributed by atoms with Crippen LogP contribution in [0, 0.1) is 0 Å². The van der Waals surface area contributed by atoms with Crippen LogP contribution in [-0.4, -0.2) is 164 Å². The van der Waals surface area contributed by atoms with Gasteiger partial charge in [-0.2, -0.15) is 0 Å². The lowest BCUT2D eigenvalue weighted by Crippen LogP contribution is -2.49. The second-order valence-electron chi connectivity index (χ2n) is 24.5. The molecule has 0 saturated carbocycles. The lowest BCUT2D eigenvalue weighted by atomic mass is 9.77. The Kier molecular flexibility index (Phi) is 20.9. The molecule has 462 valence electrons. The van der Waals surface area contributed by atoms with Crippen LogP contribution in [0.1, 0.15) is 72.9 Å². The van der Waals surface area contributed by atoms with Gasteiger partial charge in [0.25, 0.3) is 0 Å². The van der Waals surface area contributed by atoms with E-state index in [2.05, 4.69) is 146 Å². The summed E-state index contributed by atoms with van der Waals surface area (Å²) in [5.41, 5.74) is 10.5. The fraction of sp³-hybridized carbons (Fsp3) is 0.328. The predicted molar refractivity (Wildman–Crippen MR) is 361 cm³/mol. The van der Waals surface area contributed by atoms with Crippen molar-refractivity contribution in [2.45, 2.75) is 88.6 Å². The Bertz CT molecular complexity index is 4130. The summed E-state index contributed by atoms with van der Waals surface area (Å²) in [6.07, 6.45) is 9.82. The van der Waals surface area contributed by atoms with Crippen molar-refractivity contribution in [3.63, 3.8) is 0 Å². The van der Waals surface area contributed by atoms with Gasteiger partial charge in [-0.05, 0) is 181 Å². The van der Waals surface area contributed by atoms with Gasteiger partial charge in [0.1, 0.15) is 22.2 Å². The van der Waals surface area contributed by atoms with Crippen LogP contribution in [0.3, 0.4) is 0 Å². The molecule has 21 heteroatoms. The Morgan fingerprint density at radius 2 is 1.23 bits per heavy atom. The molecule has 5 N–H and O–H groups in total. The topological polar surface area (TPSA) is 211 Å². The average molecular weight is 1250 g/mol. The van der Waals surface area contributed by atoms with Gasteiger partial charge in [0.05, 0.1) is 9.79 Å². The van der Waals surface area contributed by atoms with Gasteiger partial charge >= 0.3 is 14.2 Å². The summed E-state index contributed by atoms with van der Waals surface area (Å²) in [6.45, 7) is 18.1. The third-order valence-electron chi connectivity index (χ3n) is 16.9. The molecule has 0 atom stereocenters. The van der Waals surface area contributed by atoms with Gasteiger partial charge in [0.15, 0.2) is 21.3 Å². The zero-order chi connectivity index (χ0) is 64.3. The Hall–Kier alpha value is -6.88. The second-order valence-corrected chi connectivity index (χ2v) is 33.0. The number of unbranched alkanes of at least 4 members (excludes halogenated alkanes) is 1. The molecule has 1 amide bonds. The predicted octanol–water partition coefficient (Wildman–Crippen LogP) is 5.95. The number of hydrogen-bond acceptors (Lipinski definition) is 13. The molecular formula is C67H83B2N6O10S2Si+. The lowest BCUT2D eigenvalue weighted by molar-refractivity contribution is -0.462. The van der Waals surface area contributed by atoms with Crippen molar-refractivity contribution in [2.24, 2.45) is 0 Å². The van der Waals surface area contributed by atoms with Crippen LogP contribution in [0.4, 0.5) is 5.69 Å². The van der Waals surface area contributed by atoms with Crippen molar-refractivity contribution >= 4 is 108 Å². The van der Waals surface area contributed by atoms with Crippen LogP contribution in [0.5, 0.6) is 0 Å². The molecule has 0 saturated heterocycles. The molecular weight excluding hydrogens is 1160 g/mol. The number of ketones is 1. The molecule has 0 radical (unpaired) electrons. The summed E-state index contributed by atoms with van der Waals surface area (Å²) in [7, 11) is -2.94. The summed E-state index contributed by atoms with van der Waals surface area (Å²) in [4.78, 5) is 32.1. The molecule has 1 aliphatic carbocycles. The van der Waals surface area contributed by atoms with Crippen molar-refractivity contribution < 1.29 is 51.1 Å². The van der Waals surface area contributed by atoms with E-state index in [1.54, 1.807) is 26.0 Å². The van der Waals surface area contributed by atoms with Gasteiger partial charge in [0, 0.05) is 104 Å². The van der Waals surface area contributed by atoms with Crippen LogP contribution >= 0.6 is 0 Å². The first-order valence-electron chi connectivity index (χ1n) is 29.6. The number of sulfone groups is 1. The molecule has 88 heavy (non-hydrogen) atoms. The molecule has 16 nitrogen and oxygen atoms in total. The highest BCUT2D eigenvalue weighted by atomic mass is 32.2. The normalized spacial score (nSPS) is 13.9. The highest BCUT2D eigenvalue weighted by Crippen LogP contribution is 2.44. The minimum Gasteiger partial charge on any atom is -0.423 e. The van der Waals surface area contributed by atoms with Crippen molar-refractivity contribution in [2.75, 3.05) is 73.1 Å². The van der Waals surface area contributed by atoms with Gasteiger partial charge in [0.2, 0.25) is 15.9 Å². The van der Waals surface area contributed by atoms with E-state index in [4.69, 9.17) is 0 Å². The minimum absolute atomic E-state index is 0.0253. The Balaban J connectivity index is 1.39. The molecule has 2 aliphatic rings. The molecule has 0 fully saturated rings. The van der Waals surface area contributed by atoms with E-state index >= 15 is 0 Å². The summed E-state index contributed by atoms with van der Waals surface area (Å²) < 4.78 is 55.7. The number of benzene rings is 6. The van der Waals surface area contributed by atoms with Crippen molar-refractivity contribution in [3.05, 3.63) is 184 Å². The van der Waals surface area contributed by atoms with E-state index in [-0.39, 0.29) is 45.5 Å². The fourth-order valence-corrected chi connectivity index (χ4v) is 16.6. The summed E-state index contributed by atoms with van der Waals surface area (Å²) in [5, 5.41) is 52.8. The highest BCUT2D eigenvalue weighted by molar-refractivity contribution is 7.90. The third kappa shape index (κ3) is 14.7. The summed E-state index contributed by atoms with van der Waals surface area (Å²) in [5.74, 6) is -0.298. The van der Waals surface area contributed by atoms with Gasteiger partial charge < -0.3 is 30.3 Å². The Morgan fingerprint density at radius 1 is 0.659 bits per heavy atom. The molecule has 0 bridgehead atoms. The van der Waals surface area contributed by atoms with E-state index in [1.807, 2.05) is 12.1 Å². The van der Waals surface area contributed by atoms with Crippen LogP contribution in [0.15, 0.2) is 160 Å². The molecule has 6 aromatic rings. The minimum atomic E-state index is -3.94. The first-order chi connectivity index (χ1) is 41.4. The van der Waals surface area contributed by atoms with Gasteiger partial charge in [-0.15, -0.1) is 0 Å². The molecule has 1 heterocycles. The number of nitrogens with zero attached hydrogens (tertiary/aromatic N) is 5. The standard InChI is InChI=1S/C67H82B2N6O10S2Si/c1-44(2)63(76)21-16-17-33-74(40-47-22-27-51(86(11,82)83)38-61(47)68(78)79)43-60-54-20-15-14-19-53(54)59(42-75(34-18-32-70-67(77)45(3)4)41-48-23-28-52(39-62(48)69(80)81)87(84,85)73(9)10)55-29-24-46(35-58(55)60)66-56-30-25-49(71(5)6)36-64(56)88(12,13)65-37-50(72(7)8)26-31-57(65)66/h14-15,19-20,22-31,35-39,78-81H,1,3,16-18,21,32-34,40-43H2,2,4-13H3/p+1. The number of fused-ring (bicyclic) bond motifs is 4. The first-order valence-corrected chi connectivity index (χ1v) is 35.9. The van der Waals surface area contributed by atoms with Gasteiger partial charge in [-0.3, -0.25) is 19.4 Å². The number of allylic oxidation sites excluding steroid dienone is 6. The number of hydrogen-bond donors (Lipinski definition) is 5. The molecule has 6 aromatic carbocycles. The van der Waals surface area contributed by atoms with E-state index < -0.39 is 42.2 Å². The van der Waals surface area contributed by atoms with Gasteiger partial charge in [-0.1, -0.05) is 80.8 Å². The lowest BCUT2D eigenvalue weighted by Gasteiger charge is -2.38. The maximum Gasteiger partial charge on any atom is 0.488 e. The van der Waals surface area contributed by atoms with Crippen LogP contribution in [-0.2, 0) is 55.6 Å². The smallest absolute Gasteiger partial charge is 0.423 e. The number of nitrogens with one attached hydrogen (secondary N) is 1. The number of carbonyl (C=O) groups excluding carboxylic acids is 2. The quantitative estimate of drug-likeness (QED) is 0.0140. The van der Waals surface area contributed by atoms with Crippen LogP contribution in [0.2, 0.25) is 13.1 Å². The Labute approximate surface area is 521 Å². The molecule has 0 spiro atoms. The second kappa shape index (κ2) is 27.5. The number of rotatable bonds is 26. The van der Waals surface area contributed by atoms with E-state index in [9.17, 15) is 46.5 Å². The monoisotopic (exact) mass is 1250 g/mol. The molecule has 8 rings (SSSR count). The number of carbonyl (C=O) groups is 2. The third-order valence-corrected chi connectivity index (χ3v) is 23.4. The van der Waals surface area contributed by atoms with Crippen LogP contribution < -0.4 is 26.3 Å². The molecule has 0 unspecified atom stereocenters. The number of sulfonamides is 1. The fourth-order valence-electron chi connectivity index (χ4n) is 11.9. The van der Waals surface area contributed by atoms with Crippen molar-refractivity contribution in [1.29, 1.82) is 0 Å². The first kappa shape index (κ1) is 67.1. The highest BCUT2D eigenvalue weighted by Gasteiger charge is 2.41. The maximum absolute atomic E-state index is 13.4. The van der Waals surface area contributed by atoms with Crippen molar-refractivity contribution in [1.82, 2.24) is 19.4 Å². The zero-order valence-electron chi connectivity index (χ0n) is 52.6. The van der Waals surface area contributed by atoms with E-state index in [0.29, 0.717) is 80.7 Å². The van der Waals surface area contributed by atoms with Gasteiger partial charge in [-0.25, -0.2) is 25.7 Å². The Morgan fingerprint density at radius 3 is 1.77 bits per heavy atom. The van der Waals surface area contributed by atoms with E-state index in [1.165, 1.54) is 48.7 Å². The maximum atomic E-state index is 13.4. The van der Waals surface area contributed by atoms with Crippen LogP contribution in [0.25, 0.3) is 27.1 Å². The zero-order valence-corrected chi connectivity index (χ0v) is 55.2. The number of anilines is 1. The SMILES string of the molecule is C=C(C)C(=O)CCCCN(Cc1ccc(S(C)(=O)=O)cc1B(O)O)Cc1c2ccccc2c(CN(CCCNC(=O)C(=C)C)Cc2ccc(S(=O)(=O)N(C)C)cc2B(O)O)c2ccc(C3=C4C=CC(=[N+](C)C)C=C4[Si](C)(C)c4cc(N(C)C)ccc43)cc12. The molecule has 0 aromatic heterocycles. The number of Topliss-reactive ketones (excluding diaryl/α,β-unsaturated/α-hetero) is 1. The van der Waals surface area contributed by atoms with Crippen molar-refractivity contribution in [3.8, 4) is 0 Å². The number of amides is 1. The van der Waals surface area contributed by atoms with E-state index in [0.717, 1.165) is 76.9 Å². The largest absolute Gasteiger partial charge is 0.488 e.